The second-order valence-corrected chi connectivity index (χ2v) is 9.19. The number of carbonyl (C=O) groups is 1. The highest BCUT2D eigenvalue weighted by Gasteiger charge is 2.28. The third kappa shape index (κ3) is 3.19. The van der Waals surface area contributed by atoms with Crippen molar-refractivity contribution in [3.8, 4) is 0 Å². The fraction of sp³-hybridized carbons (Fsp3) is 0.263. The molecule has 1 amide bonds. The maximum atomic E-state index is 13.1. The van der Waals surface area contributed by atoms with Gasteiger partial charge in [-0.2, -0.15) is 0 Å². The summed E-state index contributed by atoms with van der Waals surface area (Å²) in [5.41, 5.74) is 1.84. The zero-order valence-electron chi connectivity index (χ0n) is 14.8. The lowest BCUT2D eigenvalue weighted by atomic mass is 9.95. The molecule has 0 fully saturated rings. The molecule has 0 saturated carbocycles. The van der Waals surface area contributed by atoms with E-state index in [1.54, 1.807) is 25.4 Å². The molecule has 6 nitrogen and oxygen atoms in total. The van der Waals surface area contributed by atoms with Crippen LogP contribution in [0.3, 0.4) is 0 Å². The highest BCUT2D eigenvalue weighted by atomic mass is 32.2. The van der Waals surface area contributed by atoms with Gasteiger partial charge in [0.2, 0.25) is 0 Å². The Bertz CT molecular complexity index is 1130. The second-order valence-electron chi connectivity index (χ2n) is 6.43. The monoisotopic (exact) mass is 401 g/mol. The first kappa shape index (κ1) is 17.9. The summed E-state index contributed by atoms with van der Waals surface area (Å²) in [4.78, 5) is 17.9. The van der Waals surface area contributed by atoms with Gasteiger partial charge in [-0.05, 0) is 43.4 Å². The molecule has 0 spiro atoms. The molecule has 0 atom stereocenters. The standard InChI is InChI=1S/C19H19N3O3S2/c1-20-18(23)16-13-8-2-3-9-14(13)26-19(16)22-27(24,25)15-10-4-6-12-7-5-11-21-17(12)15/h4-7,10-11,22H,2-3,8-9H2,1H3,(H,20,23). The van der Waals surface area contributed by atoms with E-state index in [4.69, 9.17) is 0 Å². The lowest BCUT2D eigenvalue weighted by Gasteiger charge is -2.13. The molecular formula is C19H19N3O3S2. The average Bonchev–Trinajstić information content (AvgIpc) is 3.04. The summed E-state index contributed by atoms with van der Waals surface area (Å²) >= 11 is 1.36. The number of hydrogen-bond acceptors (Lipinski definition) is 5. The van der Waals surface area contributed by atoms with E-state index < -0.39 is 10.0 Å². The van der Waals surface area contributed by atoms with Gasteiger partial charge in [0.25, 0.3) is 15.9 Å². The van der Waals surface area contributed by atoms with Crippen molar-refractivity contribution in [3.05, 3.63) is 52.5 Å². The molecule has 8 heteroatoms. The number of benzene rings is 1. The van der Waals surface area contributed by atoms with Crippen molar-refractivity contribution in [2.24, 2.45) is 0 Å². The Kier molecular flexibility index (Phi) is 4.61. The molecule has 2 heterocycles. The van der Waals surface area contributed by atoms with Gasteiger partial charge in [-0.1, -0.05) is 18.2 Å². The number of nitrogens with zero attached hydrogens (tertiary/aromatic N) is 1. The summed E-state index contributed by atoms with van der Waals surface area (Å²) in [6, 6.07) is 8.63. The number of amides is 1. The molecule has 27 heavy (non-hydrogen) atoms. The van der Waals surface area contributed by atoms with Gasteiger partial charge in [0, 0.05) is 23.5 Å². The Morgan fingerprint density at radius 1 is 1.15 bits per heavy atom. The minimum atomic E-state index is -3.89. The molecule has 0 saturated heterocycles. The van der Waals surface area contributed by atoms with Crippen molar-refractivity contribution in [2.75, 3.05) is 11.8 Å². The first-order valence-corrected chi connectivity index (χ1v) is 11.0. The van der Waals surface area contributed by atoms with E-state index in [0.717, 1.165) is 41.5 Å². The topological polar surface area (TPSA) is 88.2 Å². The number of sulfonamides is 1. The number of thiophene rings is 1. The summed E-state index contributed by atoms with van der Waals surface area (Å²) in [6.07, 6.45) is 5.31. The van der Waals surface area contributed by atoms with Crippen LogP contribution >= 0.6 is 11.3 Å². The van der Waals surface area contributed by atoms with Gasteiger partial charge in [0.1, 0.15) is 9.90 Å². The molecule has 2 N–H and O–H groups in total. The quantitative estimate of drug-likeness (QED) is 0.702. The number of anilines is 1. The predicted octanol–water partition coefficient (Wildman–Crippen LogP) is 3.34. The molecule has 0 bridgehead atoms. The first-order chi connectivity index (χ1) is 13.0. The fourth-order valence-electron chi connectivity index (χ4n) is 3.47. The van der Waals surface area contributed by atoms with E-state index in [-0.39, 0.29) is 10.8 Å². The zero-order chi connectivity index (χ0) is 19.0. The molecule has 1 aromatic carbocycles. The van der Waals surface area contributed by atoms with Gasteiger partial charge in [0.15, 0.2) is 0 Å². The Labute approximate surface area is 161 Å². The van der Waals surface area contributed by atoms with Gasteiger partial charge >= 0.3 is 0 Å². The molecular weight excluding hydrogens is 382 g/mol. The summed E-state index contributed by atoms with van der Waals surface area (Å²) in [6.45, 7) is 0. The van der Waals surface area contributed by atoms with Gasteiger partial charge in [-0.3, -0.25) is 14.5 Å². The van der Waals surface area contributed by atoms with Crippen LogP contribution in [-0.4, -0.2) is 26.4 Å². The van der Waals surface area contributed by atoms with Crippen molar-refractivity contribution < 1.29 is 13.2 Å². The second kappa shape index (κ2) is 6.94. The van der Waals surface area contributed by atoms with Crippen molar-refractivity contribution in [3.63, 3.8) is 0 Å². The van der Waals surface area contributed by atoms with Crippen LogP contribution in [-0.2, 0) is 22.9 Å². The van der Waals surface area contributed by atoms with Crippen LogP contribution in [0.25, 0.3) is 10.9 Å². The van der Waals surface area contributed by atoms with E-state index in [1.807, 2.05) is 12.1 Å². The van der Waals surface area contributed by atoms with Crippen LogP contribution in [0.5, 0.6) is 0 Å². The van der Waals surface area contributed by atoms with E-state index in [2.05, 4.69) is 15.0 Å². The van der Waals surface area contributed by atoms with E-state index in [0.29, 0.717) is 16.1 Å². The highest BCUT2D eigenvalue weighted by molar-refractivity contribution is 7.93. The number of para-hydroxylation sites is 1. The summed E-state index contributed by atoms with van der Waals surface area (Å²) in [5, 5.41) is 3.76. The fourth-order valence-corrected chi connectivity index (χ4v) is 6.25. The van der Waals surface area contributed by atoms with Crippen LogP contribution in [0.15, 0.2) is 41.4 Å². The molecule has 0 unspecified atom stereocenters. The Morgan fingerprint density at radius 3 is 2.74 bits per heavy atom. The normalized spacial score (nSPS) is 14.0. The SMILES string of the molecule is CNC(=O)c1c(NS(=O)(=O)c2cccc3cccnc23)sc2c1CCCC2. The molecule has 1 aliphatic carbocycles. The predicted molar refractivity (Wildman–Crippen MR) is 107 cm³/mol. The number of aromatic nitrogens is 1. The van der Waals surface area contributed by atoms with Gasteiger partial charge in [-0.25, -0.2) is 8.42 Å². The molecule has 0 radical (unpaired) electrons. The van der Waals surface area contributed by atoms with Crippen LogP contribution < -0.4 is 10.0 Å². The highest BCUT2D eigenvalue weighted by Crippen LogP contribution is 2.39. The third-order valence-electron chi connectivity index (χ3n) is 4.74. The lowest BCUT2D eigenvalue weighted by molar-refractivity contribution is 0.0963. The number of fused-ring (bicyclic) bond motifs is 2. The van der Waals surface area contributed by atoms with Crippen molar-refractivity contribution in [1.82, 2.24) is 10.3 Å². The van der Waals surface area contributed by atoms with Crippen LogP contribution in [0.2, 0.25) is 0 Å². The number of nitrogens with one attached hydrogen (secondary N) is 2. The van der Waals surface area contributed by atoms with Crippen LogP contribution in [0, 0.1) is 0 Å². The minimum absolute atomic E-state index is 0.106. The maximum absolute atomic E-state index is 13.1. The smallest absolute Gasteiger partial charge is 0.264 e. The molecule has 3 aromatic rings. The zero-order valence-corrected chi connectivity index (χ0v) is 16.4. The molecule has 2 aromatic heterocycles. The molecule has 1 aliphatic rings. The van der Waals surface area contributed by atoms with Crippen molar-refractivity contribution in [1.29, 1.82) is 0 Å². The van der Waals surface area contributed by atoms with E-state index >= 15 is 0 Å². The number of carbonyl (C=O) groups excluding carboxylic acids is 1. The summed E-state index contributed by atoms with van der Waals surface area (Å²) in [7, 11) is -2.33. The van der Waals surface area contributed by atoms with E-state index in [1.165, 1.54) is 17.4 Å². The summed E-state index contributed by atoms with van der Waals surface area (Å²) in [5.74, 6) is -0.261. The van der Waals surface area contributed by atoms with E-state index in [9.17, 15) is 13.2 Å². The Hall–Kier alpha value is -2.45. The molecule has 140 valence electrons. The van der Waals surface area contributed by atoms with Crippen molar-refractivity contribution >= 4 is 43.2 Å². The number of hydrogen-bond donors (Lipinski definition) is 2. The third-order valence-corrected chi connectivity index (χ3v) is 7.46. The maximum Gasteiger partial charge on any atom is 0.264 e. The average molecular weight is 402 g/mol. The van der Waals surface area contributed by atoms with Gasteiger partial charge < -0.3 is 5.32 Å². The summed E-state index contributed by atoms with van der Waals surface area (Å²) < 4.78 is 28.9. The van der Waals surface area contributed by atoms with Gasteiger partial charge in [-0.15, -0.1) is 11.3 Å². The van der Waals surface area contributed by atoms with Gasteiger partial charge in [0.05, 0.1) is 11.1 Å². The number of pyridine rings is 1. The number of aryl methyl sites for hydroxylation is 1. The molecule has 4 rings (SSSR count). The molecule has 0 aliphatic heterocycles. The largest absolute Gasteiger partial charge is 0.355 e. The Balaban J connectivity index is 1.81. The van der Waals surface area contributed by atoms with Crippen LogP contribution in [0.1, 0.15) is 33.6 Å². The first-order valence-electron chi connectivity index (χ1n) is 8.74. The Morgan fingerprint density at radius 2 is 1.93 bits per heavy atom. The number of rotatable bonds is 4. The lowest BCUT2D eigenvalue weighted by Crippen LogP contribution is -2.22. The van der Waals surface area contributed by atoms with Crippen molar-refractivity contribution in [2.45, 2.75) is 30.6 Å². The minimum Gasteiger partial charge on any atom is -0.355 e. The van der Waals surface area contributed by atoms with Crippen LogP contribution in [0.4, 0.5) is 5.00 Å².